The summed E-state index contributed by atoms with van der Waals surface area (Å²) in [4.78, 5) is 4.06. The minimum atomic E-state index is -3.25. The van der Waals surface area contributed by atoms with Crippen LogP contribution in [0, 0.1) is 6.92 Å². The van der Waals surface area contributed by atoms with Gasteiger partial charge in [0.2, 0.25) is 10.0 Å². The zero-order valence-electron chi connectivity index (χ0n) is 12.8. The number of sulfonamides is 1. The minimum absolute atomic E-state index is 0.0376. The lowest BCUT2D eigenvalue weighted by molar-refractivity contribution is 0.576. The Morgan fingerprint density at radius 3 is 2.50 bits per heavy atom. The molecule has 0 amide bonds. The summed E-state index contributed by atoms with van der Waals surface area (Å²) < 4.78 is 26.7. The van der Waals surface area contributed by atoms with E-state index in [1.54, 1.807) is 6.20 Å². The Morgan fingerprint density at radius 1 is 1.05 bits per heavy atom. The first kappa shape index (κ1) is 16.6. The molecule has 0 atom stereocenters. The van der Waals surface area contributed by atoms with Gasteiger partial charge in [0.1, 0.15) is 0 Å². The van der Waals surface area contributed by atoms with Crippen LogP contribution in [0.4, 0.5) is 0 Å². The normalized spacial score (nSPS) is 11.5. The second kappa shape index (κ2) is 8.06. The molecular weight excluding hydrogens is 296 g/mol. The Labute approximate surface area is 132 Å². The van der Waals surface area contributed by atoms with E-state index >= 15 is 0 Å². The highest BCUT2D eigenvalue weighted by molar-refractivity contribution is 7.88. The van der Waals surface area contributed by atoms with Gasteiger partial charge in [0, 0.05) is 18.9 Å². The van der Waals surface area contributed by atoms with Gasteiger partial charge in [-0.15, -0.1) is 0 Å². The molecular formula is C17H22N2O2S. The summed E-state index contributed by atoms with van der Waals surface area (Å²) >= 11 is 0. The molecule has 0 aliphatic carbocycles. The molecule has 4 nitrogen and oxygen atoms in total. The highest BCUT2D eigenvalue weighted by Gasteiger charge is 2.10. The summed E-state index contributed by atoms with van der Waals surface area (Å²) in [5.74, 6) is 0.0376. The fourth-order valence-corrected chi connectivity index (χ4v) is 3.37. The Morgan fingerprint density at radius 2 is 1.82 bits per heavy atom. The highest BCUT2D eigenvalue weighted by Crippen LogP contribution is 2.07. The molecule has 0 fully saturated rings. The Balaban J connectivity index is 1.70. The number of hydrogen-bond acceptors (Lipinski definition) is 3. The summed E-state index contributed by atoms with van der Waals surface area (Å²) in [5, 5.41) is 0. The highest BCUT2D eigenvalue weighted by atomic mass is 32.2. The molecule has 2 rings (SSSR count). The number of rotatable bonds is 8. The van der Waals surface area contributed by atoms with Gasteiger partial charge in [0.25, 0.3) is 0 Å². The lowest BCUT2D eigenvalue weighted by atomic mass is 10.1. The summed E-state index contributed by atoms with van der Waals surface area (Å²) in [6.07, 6.45) is 6.29. The number of nitrogens with one attached hydrogen (secondary N) is 1. The van der Waals surface area contributed by atoms with Crippen molar-refractivity contribution >= 4 is 10.0 Å². The SMILES string of the molecule is Cc1ccc(CS(=O)(=O)NCCCCc2cccnc2)cc1. The molecule has 0 spiro atoms. The van der Waals surface area contributed by atoms with E-state index in [4.69, 9.17) is 0 Å². The van der Waals surface area contributed by atoms with E-state index in [0.717, 1.165) is 30.4 Å². The molecule has 1 aromatic carbocycles. The van der Waals surface area contributed by atoms with E-state index in [0.29, 0.717) is 6.54 Å². The number of hydrogen-bond donors (Lipinski definition) is 1. The molecule has 1 aromatic heterocycles. The van der Waals surface area contributed by atoms with Gasteiger partial charge in [-0.25, -0.2) is 13.1 Å². The van der Waals surface area contributed by atoms with Crippen molar-refractivity contribution in [2.45, 2.75) is 31.9 Å². The van der Waals surface area contributed by atoms with Crippen molar-refractivity contribution in [2.24, 2.45) is 0 Å². The van der Waals surface area contributed by atoms with Crippen molar-refractivity contribution < 1.29 is 8.42 Å². The largest absolute Gasteiger partial charge is 0.264 e. The number of pyridine rings is 1. The van der Waals surface area contributed by atoms with Gasteiger partial charge >= 0.3 is 0 Å². The van der Waals surface area contributed by atoms with Crippen molar-refractivity contribution in [3.05, 3.63) is 65.5 Å². The molecule has 5 heteroatoms. The predicted molar refractivity (Wildman–Crippen MR) is 89.0 cm³/mol. The van der Waals surface area contributed by atoms with E-state index in [2.05, 4.69) is 9.71 Å². The van der Waals surface area contributed by atoms with Crippen LogP contribution in [-0.2, 0) is 22.2 Å². The van der Waals surface area contributed by atoms with E-state index in [9.17, 15) is 8.42 Å². The van der Waals surface area contributed by atoms with Crippen molar-refractivity contribution in [2.75, 3.05) is 6.54 Å². The molecule has 118 valence electrons. The van der Waals surface area contributed by atoms with Gasteiger partial charge in [-0.1, -0.05) is 35.9 Å². The molecule has 22 heavy (non-hydrogen) atoms. The predicted octanol–water partition coefficient (Wildman–Crippen LogP) is 2.83. The number of aryl methyl sites for hydroxylation is 2. The molecule has 1 N–H and O–H groups in total. The first-order valence-corrected chi connectivity index (χ1v) is 9.12. The molecule has 0 unspecified atom stereocenters. The van der Waals surface area contributed by atoms with E-state index < -0.39 is 10.0 Å². The third-order valence-corrected chi connectivity index (χ3v) is 4.77. The lowest BCUT2D eigenvalue weighted by Crippen LogP contribution is -2.26. The van der Waals surface area contributed by atoms with Gasteiger partial charge in [-0.05, 0) is 43.4 Å². The maximum absolute atomic E-state index is 12.0. The van der Waals surface area contributed by atoms with Crippen LogP contribution in [0.5, 0.6) is 0 Å². The van der Waals surface area contributed by atoms with Gasteiger partial charge in [-0.3, -0.25) is 4.98 Å². The van der Waals surface area contributed by atoms with Crippen LogP contribution in [-0.4, -0.2) is 19.9 Å². The number of benzene rings is 1. The van der Waals surface area contributed by atoms with Crippen molar-refractivity contribution in [1.82, 2.24) is 9.71 Å². The number of aromatic nitrogens is 1. The van der Waals surface area contributed by atoms with Crippen molar-refractivity contribution in [3.8, 4) is 0 Å². The first-order valence-electron chi connectivity index (χ1n) is 7.47. The van der Waals surface area contributed by atoms with E-state index in [1.165, 1.54) is 5.56 Å². The second-order valence-electron chi connectivity index (χ2n) is 5.46. The third kappa shape index (κ3) is 5.95. The van der Waals surface area contributed by atoms with Gasteiger partial charge in [0.05, 0.1) is 5.75 Å². The summed E-state index contributed by atoms with van der Waals surface area (Å²) in [7, 11) is -3.25. The average molecular weight is 318 g/mol. The maximum Gasteiger partial charge on any atom is 0.215 e. The van der Waals surface area contributed by atoms with Crippen LogP contribution in [0.15, 0.2) is 48.8 Å². The molecule has 0 aliphatic rings. The van der Waals surface area contributed by atoms with Crippen LogP contribution < -0.4 is 4.72 Å². The van der Waals surface area contributed by atoms with Crippen LogP contribution in [0.3, 0.4) is 0 Å². The Kier molecular flexibility index (Phi) is 6.10. The quantitative estimate of drug-likeness (QED) is 0.761. The van der Waals surface area contributed by atoms with Gasteiger partial charge < -0.3 is 0 Å². The third-order valence-electron chi connectivity index (χ3n) is 3.41. The smallest absolute Gasteiger partial charge is 0.215 e. The molecule has 0 aliphatic heterocycles. The molecule has 0 saturated carbocycles. The summed E-state index contributed by atoms with van der Waals surface area (Å²) in [5.41, 5.74) is 3.13. The monoisotopic (exact) mass is 318 g/mol. The van der Waals surface area contributed by atoms with Gasteiger partial charge in [-0.2, -0.15) is 0 Å². The van der Waals surface area contributed by atoms with Crippen molar-refractivity contribution in [1.29, 1.82) is 0 Å². The van der Waals surface area contributed by atoms with Crippen LogP contribution >= 0.6 is 0 Å². The van der Waals surface area contributed by atoms with Crippen LogP contribution in [0.1, 0.15) is 29.5 Å². The van der Waals surface area contributed by atoms with Crippen molar-refractivity contribution in [3.63, 3.8) is 0 Å². The van der Waals surface area contributed by atoms with Gasteiger partial charge in [0.15, 0.2) is 0 Å². The molecule has 0 radical (unpaired) electrons. The number of unbranched alkanes of at least 4 members (excludes halogenated alkanes) is 1. The van der Waals surface area contributed by atoms with E-state index in [1.807, 2.05) is 49.5 Å². The maximum atomic E-state index is 12.0. The zero-order chi connectivity index (χ0) is 15.8. The fourth-order valence-electron chi connectivity index (χ4n) is 2.18. The standard InChI is InChI=1S/C17H22N2O2S/c1-15-7-9-17(10-8-15)14-22(20,21)19-12-3-2-5-16-6-4-11-18-13-16/h4,6-11,13,19H,2-3,5,12,14H2,1H3. The lowest BCUT2D eigenvalue weighted by Gasteiger charge is -2.07. The minimum Gasteiger partial charge on any atom is -0.264 e. The molecule has 0 bridgehead atoms. The first-order chi connectivity index (χ1) is 10.6. The van der Waals surface area contributed by atoms with E-state index in [-0.39, 0.29) is 5.75 Å². The van der Waals surface area contributed by atoms with Crippen LogP contribution in [0.25, 0.3) is 0 Å². The summed E-state index contributed by atoms with van der Waals surface area (Å²) in [6, 6.07) is 11.5. The summed E-state index contributed by atoms with van der Waals surface area (Å²) in [6.45, 7) is 2.47. The Bertz CT molecular complexity index is 668. The Hall–Kier alpha value is -1.72. The molecule has 0 saturated heterocycles. The molecule has 1 heterocycles. The number of nitrogens with zero attached hydrogens (tertiary/aromatic N) is 1. The topological polar surface area (TPSA) is 59.1 Å². The fraction of sp³-hybridized carbons (Fsp3) is 0.353. The average Bonchev–Trinajstić information content (AvgIpc) is 2.50. The second-order valence-corrected chi connectivity index (χ2v) is 7.26. The zero-order valence-corrected chi connectivity index (χ0v) is 13.6. The van der Waals surface area contributed by atoms with Crippen LogP contribution in [0.2, 0.25) is 0 Å². The molecule has 2 aromatic rings.